The van der Waals surface area contributed by atoms with E-state index in [1.54, 1.807) is 7.05 Å². The van der Waals surface area contributed by atoms with Crippen molar-refractivity contribution in [1.82, 2.24) is 20.0 Å². The number of hydrogen-bond acceptors (Lipinski definition) is 6. The lowest BCUT2D eigenvalue weighted by atomic mass is 10.1. The van der Waals surface area contributed by atoms with Crippen LogP contribution in [0.4, 0.5) is 5.13 Å². The number of aromatic nitrogens is 2. The molecule has 0 spiro atoms. The van der Waals surface area contributed by atoms with Crippen molar-refractivity contribution in [2.24, 2.45) is 0 Å². The third-order valence-corrected chi connectivity index (χ3v) is 4.40. The summed E-state index contributed by atoms with van der Waals surface area (Å²) in [5, 5.41) is 11.9. The zero-order chi connectivity index (χ0) is 13.3. The van der Waals surface area contributed by atoms with E-state index in [4.69, 9.17) is 0 Å². The Hall–Kier alpha value is -1.21. The number of amides is 1. The summed E-state index contributed by atoms with van der Waals surface area (Å²) in [5.74, 6) is -0.0131. The van der Waals surface area contributed by atoms with Crippen LogP contribution in [0.25, 0.3) is 0 Å². The second kappa shape index (κ2) is 5.19. The van der Waals surface area contributed by atoms with Crippen molar-refractivity contribution in [2.45, 2.75) is 25.9 Å². The van der Waals surface area contributed by atoms with E-state index in [1.807, 2.05) is 4.90 Å². The Bertz CT molecular complexity index is 423. The molecule has 7 heteroatoms. The molecule has 18 heavy (non-hydrogen) atoms. The van der Waals surface area contributed by atoms with E-state index in [9.17, 15) is 4.79 Å². The minimum Gasteiger partial charge on any atom is -0.363 e. The third kappa shape index (κ3) is 2.46. The quantitative estimate of drug-likeness (QED) is 0.858. The summed E-state index contributed by atoms with van der Waals surface area (Å²) in [6.45, 7) is 5.76. The van der Waals surface area contributed by atoms with Gasteiger partial charge in [-0.2, -0.15) is 0 Å². The van der Waals surface area contributed by atoms with Crippen LogP contribution in [-0.4, -0.2) is 65.2 Å². The molecule has 0 aliphatic carbocycles. The van der Waals surface area contributed by atoms with Gasteiger partial charge in [-0.3, -0.25) is 9.69 Å². The van der Waals surface area contributed by atoms with Crippen LogP contribution in [0.3, 0.4) is 0 Å². The van der Waals surface area contributed by atoms with E-state index >= 15 is 0 Å². The van der Waals surface area contributed by atoms with Crippen LogP contribution in [0.1, 0.15) is 23.6 Å². The standard InChI is InChI=1S/C11H19N5OS/c1-7-5-16(6-8(2)15(7)4)10(17)9-13-14-11(12-3)18-9/h7-8H,5-6H2,1-4H3,(H,12,14). The highest BCUT2D eigenvalue weighted by atomic mass is 32.1. The molecule has 1 N–H and O–H groups in total. The second-order valence-electron chi connectivity index (χ2n) is 4.74. The Morgan fingerprint density at radius 3 is 2.44 bits per heavy atom. The van der Waals surface area contributed by atoms with Crippen molar-refractivity contribution in [1.29, 1.82) is 0 Å². The Labute approximate surface area is 111 Å². The van der Waals surface area contributed by atoms with Gasteiger partial charge in [0.1, 0.15) is 0 Å². The van der Waals surface area contributed by atoms with E-state index < -0.39 is 0 Å². The lowest BCUT2D eigenvalue weighted by molar-refractivity contribution is 0.0413. The summed E-state index contributed by atoms with van der Waals surface area (Å²) in [7, 11) is 3.87. The van der Waals surface area contributed by atoms with Gasteiger partial charge in [0.25, 0.3) is 5.91 Å². The number of anilines is 1. The SMILES string of the molecule is CNc1nnc(C(=O)N2CC(C)N(C)C(C)C2)s1. The monoisotopic (exact) mass is 269 g/mol. The molecule has 1 aliphatic heterocycles. The van der Waals surface area contributed by atoms with E-state index in [1.165, 1.54) is 11.3 Å². The van der Waals surface area contributed by atoms with E-state index in [-0.39, 0.29) is 5.91 Å². The smallest absolute Gasteiger partial charge is 0.285 e. The number of nitrogens with one attached hydrogen (secondary N) is 1. The van der Waals surface area contributed by atoms with E-state index in [0.29, 0.717) is 22.2 Å². The summed E-state index contributed by atoms with van der Waals surface area (Å²) in [5.41, 5.74) is 0. The second-order valence-corrected chi connectivity index (χ2v) is 5.71. The maximum atomic E-state index is 12.3. The molecule has 1 aromatic rings. The maximum Gasteiger partial charge on any atom is 0.285 e. The van der Waals surface area contributed by atoms with Crippen LogP contribution in [0, 0.1) is 0 Å². The molecule has 2 heterocycles. The van der Waals surface area contributed by atoms with Crippen LogP contribution in [0.15, 0.2) is 0 Å². The Balaban J connectivity index is 2.09. The Kier molecular flexibility index (Phi) is 3.82. The van der Waals surface area contributed by atoms with Crippen molar-refractivity contribution in [2.75, 3.05) is 32.5 Å². The van der Waals surface area contributed by atoms with Crippen LogP contribution >= 0.6 is 11.3 Å². The van der Waals surface area contributed by atoms with Gasteiger partial charge in [0, 0.05) is 32.2 Å². The molecular weight excluding hydrogens is 250 g/mol. The lowest BCUT2D eigenvalue weighted by Gasteiger charge is -2.42. The number of nitrogens with zero attached hydrogens (tertiary/aromatic N) is 4. The minimum absolute atomic E-state index is 0.0131. The van der Waals surface area contributed by atoms with Gasteiger partial charge in [-0.05, 0) is 20.9 Å². The van der Waals surface area contributed by atoms with Gasteiger partial charge in [0.2, 0.25) is 10.1 Å². The molecule has 0 bridgehead atoms. The predicted octanol–water partition coefficient (Wildman–Crippen LogP) is 0.744. The van der Waals surface area contributed by atoms with Gasteiger partial charge < -0.3 is 10.2 Å². The van der Waals surface area contributed by atoms with Crippen LogP contribution in [0.5, 0.6) is 0 Å². The number of piperazine rings is 1. The van der Waals surface area contributed by atoms with Crippen LogP contribution in [-0.2, 0) is 0 Å². The zero-order valence-corrected chi connectivity index (χ0v) is 12.0. The number of carbonyl (C=O) groups is 1. The first-order valence-corrected chi connectivity index (χ1v) is 6.87. The van der Waals surface area contributed by atoms with Crippen LogP contribution in [0.2, 0.25) is 0 Å². The van der Waals surface area contributed by atoms with Crippen molar-refractivity contribution in [3.8, 4) is 0 Å². The average Bonchev–Trinajstić information content (AvgIpc) is 2.83. The lowest BCUT2D eigenvalue weighted by Crippen LogP contribution is -2.56. The Morgan fingerprint density at radius 2 is 1.94 bits per heavy atom. The average molecular weight is 269 g/mol. The Morgan fingerprint density at radius 1 is 1.33 bits per heavy atom. The van der Waals surface area contributed by atoms with Crippen molar-refractivity contribution in [3.63, 3.8) is 0 Å². The molecule has 1 amide bonds. The molecule has 1 aliphatic rings. The van der Waals surface area contributed by atoms with Gasteiger partial charge in [-0.25, -0.2) is 0 Å². The van der Waals surface area contributed by atoms with Gasteiger partial charge >= 0.3 is 0 Å². The number of likely N-dealkylation sites (N-methyl/N-ethyl adjacent to an activating group) is 1. The molecule has 100 valence electrons. The summed E-state index contributed by atoms with van der Waals surface area (Å²) < 4.78 is 0. The van der Waals surface area contributed by atoms with Gasteiger partial charge in [-0.1, -0.05) is 11.3 Å². The van der Waals surface area contributed by atoms with Crippen molar-refractivity contribution in [3.05, 3.63) is 5.01 Å². The largest absolute Gasteiger partial charge is 0.363 e. The fourth-order valence-corrected chi connectivity index (χ4v) is 2.78. The van der Waals surface area contributed by atoms with Gasteiger partial charge in [0.15, 0.2) is 0 Å². The highest BCUT2D eigenvalue weighted by Gasteiger charge is 2.31. The van der Waals surface area contributed by atoms with E-state index in [0.717, 1.165) is 13.1 Å². The first-order chi connectivity index (χ1) is 8.52. The van der Waals surface area contributed by atoms with Gasteiger partial charge in [-0.15, -0.1) is 10.2 Å². The number of rotatable bonds is 2. The highest BCUT2D eigenvalue weighted by molar-refractivity contribution is 7.17. The fraction of sp³-hybridized carbons (Fsp3) is 0.727. The topological polar surface area (TPSA) is 61.4 Å². The zero-order valence-electron chi connectivity index (χ0n) is 11.2. The minimum atomic E-state index is -0.0131. The van der Waals surface area contributed by atoms with E-state index in [2.05, 4.69) is 41.3 Å². The third-order valence-electron chi connectivity index (χ3n) is 3.47. The van der Waals surface area contributed by atoms with Gasteiger partial charge in [0.05, 0.1) is 0 Å². The number of hydrogen-bond donors (Lipinski definition) is 1. The molecule has 0 radical (unpaired) electrons. The first kappa shape index (κ1) is 13.2. The molecule has 2 unspecified atom stereocenters. The fourth-order valence-electron chi connectivity index (χ4n) is 2.12. The number of carbonyl (C=O) groups excluding carboxylic acids is 1. The highest BCUT2D eigenvalue weighted by Crippen LogP contribution is 2.19. The molecule has 2 rings (SSSR count). The summed E-state index contributed by atoms with van der Waals surface area (Å²) in [4.78, 5) is 16.5. The first-order valence-electron chi connectivity index (χ1n) is 6.05. The molecule has 0 aromatic carbocycles. The molecule has 6 nitrogen and oxygen atoms in total. The van der Waals surface area contributed by atoms with Crippen molar-refractivity contribution >= 4 is 22.4 Å². The molecule has 1 saturated heterocycles. The molecule has 1 fully saturated rings. The summed E-state index contributed by atoms with van der Waals surface area (Å²) >= 11 is 1.30. The molecule has 0 saturated carbocycles. The van der Waals surface area contributed by atoms with Crippen LogP contribution < -0.4 is 5.32 Å². The molecule has 1 aromatic heterocycles. The maximum absolute atomic E-state index is 12.3. The normalized spacial score (nSPS) is 25.2. The summed E-state index contributed by atoms with van der Waals surface area (Å²) in [6, 6.07) is 0.740. The molecular formula is C11H19N5OS. The molecule has 2 atom stereocenters. The summed E-state index contributed by atoms with van der Waals surface area (Å²) in [6.07, 6.45) is 0. The van der Waals surface area contributed by atoms with Crippen molar-refractivity contribution < 1.29 is 4.79 Å². The predicted molar refractivity (Wildman–Crippen MR) is 72.0 cm³/mol.